The Balaban J connectivity index is 2.02. The Labute approximate surface area is 66.1 Å². The van der Waals surface area contributed by atoms with E-state index in [1.165, 1.54) is 26.4 Å². The topological polar surface area (TPSA) is 38.3 Å². The van der Waals surface area contributed by atoms with Crippen molar-refractivity contribution >= 4 is 5.97 Å². The molecule has 2 rings (SSSR count). The van der Waals surface area contributed by atoms with Gasteiger partial charge < -0.3 is 10.1 Å². The molecule has 3 heteroatoms. The van der Waals surface area contributed by atoms with Crippen LogP contribution in [0.15, 0.2) is 0 Å². The fourth-order valence-electron chi connectivity index (χ4n) is 2.25. The van der Waals surface area contributed by atoms with Gasteiger partial charge in [-0.25, -0.2) is 0 Å². The van der Waals surface area contributed by atoms with E-state index in [2.05, 4.69) is 10.1 Å². The molecule has 2 bridgehead atoms. The Morgan fingerprint density at radius 2 is 2.36 bits per heavy atom. The summed E-state index contributed by atoms with van der Waals surface area (Å²) in [5, 5.41) is 3.27. The lowest BCUT2D eigenvalue weighted by atomic mass is 10.0. The summed E-state index contributed by atoms with van der Waals surface area (Å²) in [4.78, 5) is 11.1. The Hall–Kier alpha value is -0.570. The van der Waals surface area contributed by atoms with Crippen molar-refractivity contribution in [3.63, 3.8) is 0 Å². The summed E-state index contributed by atoms with van der Waals surface area (Å²) in [5.41, 5.74) is 0. The lowest BCUT2D eigenvalue weighted by Crippen LogP contribution is -2.42. The standard InChI is InChI=1S/C8H13NO2/c1-11-8(10)7-5-2-3-6(4-5)9-7/h5-7,9H,2-4H2,1H3/t5?,6-,7-/m0/s1. The highest BCUT2D eigenvalue weighted by Crippen LogP contribution is 2.35. The van der Waals surface area contributed by atoms with Crippen LogP contribution in [0.1, 0.15) is 19.3 Å². The highest BCUT2D eigenvalue weighted by molar-refractivity contribution is 5.76. The summed E-state index contributed by atoms with van der Waals surface area (Å²) in [7, 11) is 1.45. The SMILES string of the molecule is COC(=O)[C@H]1N[C@H]2CCC1C2. The van der Waals surface area contributed by atoms with Gasteiger partial charge in [0.05, 0.1) is 7.11 Å². The third kappa shape index (κ3) is 1.03. The minimum atomic E-state index is -0.0859. The number of nitrogens with one attached hydrogen (secondary N) is 1. The number of methoxy groups -OCH3 is 1. The first-order chi connectivity index (χ1) is 5.31. The second-order valence-electron chi connectivity index (χ2n) is 3.44. The van der Waals surface area contributed by atoms with Crippen LogP contribution in [0.2, 0.25) is 0 Å². The summed E-state index contributed by atoms with van der Waals surface area (Å²) in [6.07, 6.45) is 3.59. The number of carbonyl (C=O) groups excluding carboxylic acids is 1. The maximum Gasteiger partial charge on any atom is 0.323 e. The Kier molecular flexibility index (Phi) is 1.60. The molecule has 2 aliphatic rings. The molecule has 0 spiro atoms. The zero-order valence-corrected chi connectivity index (χ0v) is 6.67. The van der Waals surface area contributed by atoms with Crippen LogP contribution >= 0.6 is 0 Å². The molecule has 0 aromatic heterocycles. The van der Waals surface area contributed by atoms with Gasteiger partial charge in [0.1, 0.15) is 6.04 Å². The smallest absolute Gasteiger partial charge is 0.323 e. The number of esters is 1. The van der Waals surface area contributed by atoms with Crippen LogP contribution in [0.3, 0.4) is 0 Å². The summed E-state index contributed by atoms with van der Waals surface area (Å²) in [6.45, 7) is 0. The molecule has 3 atom stereocenters. The summed E-state index contributed by atoms with van der Waals surface area (Å²) >= 11 is 0. The minimum Gasteiger partial charge on any atom is -0.468 e. The van der Waals surface area contributed by atoms with Gasteiger partial charge in [-0.05, 0) is 25.2 Å². The van der Waals surface area contributed by atoms with Crippen LogP contribution in [0.5, 0.6) is 0 Å². The van der Waals surface area contributed by atoms with Gasteiger partial charge >= 0.3 is 5.97 Å². The molecule has 11 heavy (non-hydrogen) atoms. The predicted molar refractivity (Wildman–Crippen MR) is 40.1 cm³/mol. The highest BCUT2D eigenvalue weighted by Gasteiger charge is 2.43. The van der Waals surface area contributed by atoms with Crippen LogP contribution in [0.25, 0.3) is 0 Å². The molecule has 0 aromatic rings. The second-order valence-corrected chi connectivity index (χ2v) is 3.44. The Morgan fingerprint density at radius 1 is 1.55 bits per heavy atom. The van der Waals surface area contributed by atoms with Gasteiger partial charge in [0, 0.05) is 6.04 Å². The van der Waals surface area contributed by atoms with Crippen molar-refractivity contribution in [3.05, 3.63) is 0 Å². The van der Waals surface area contributed by atoms with Crippen LogP contribution < -0.4 is 5.32 Å². The van der Waals surface area contributed by atoms with Crippen molar-refractivity contribution in [3.8, 4) is 0 Å². The first-order valence-electron chi connectivity index (χ1n) is 4.15. The first kappa shape index (κ1) is 7.10. The van der Waals surface area contributed by atoms with Crippen molar-refractivity contribution < 1.29 is 9.53 Å². The van der Waals surface area contributed by atoms with Gasteiger partial charge in [-0.15, -0.1) is 0 Å². The zero-order valence-electron chi connectivity index (χ0n) is 6.67. The largest absolute Gasteiger partial charge is 0.468 e. The number of hydrogen-bond donors (Lipinski definition) is 1. The van der Waals surface area contributed by atoms with E-state index in [0.717, 1.165) is 0 Å². The third-order valence-electron chi connectivity index (χ3n) is 2.81. The monoisotopic (exact) mass is 155 g/mol. The van der Waals surface area contributed by atoms with E-state index in [9.17, 15) is 4.79 Å². The number of hydrogen-bond acceptors (Lipinski definition) is 3. The lowest BCUT2D eigenvalue weighted by molar-refractivity contribution is -0.144. The van der Waals surface area contributed by atoms with Crippen molar-refractivity contribution in [1.29, 1.82) is 0 Å². The van der Waals surface area contributed by atoms with Crippen LogP contribution in [-0.2, 0) is 9.53 Å². The van der Waals surface area contributed by atoms with E-state index in [-0.39, 0.29) is 12.0 Å². The normalized spacial score (nSPS) is 41.0. The fourth-order valence-corrected chi connectivity index (χ4v) is 2.25. The van der Waals surface area contributed by atoms with Gasteiger partial charge in [0.2, 0.25) is 0 Å². The van der Waals surface area contributed by atoms with Gasteiger partial charge in [-0.3, -0.25) is 4.79 Å². The van der Waals surface area contributed by atoms with Crippen molar-refractivity contribution in [2.75, 3.05) is 7.11 Å². The van der Waals surface area contributed by atoms with Gasteiger partial charge in [-0.1, -0.05) is 0 Å². The van der Waals surface area contributed by atoms with Crippen LogP contribution in [-0.4, -0.2) is 25.2 Å². The summed E-state index contributed by atoms with van der Waals surface area (Å²) in [5.74, 6) is 0.463. The molecule has 62 valence electrons. The maximum atomic E-state index is 11.1. The molecule has 1 heterocycles. The van der Waals surface area contributed by atoms with E-state index in [4.69, 9.17) is 0 Å². The maximum absolute atomic E-state index is 11.1. The van der Waals surface area contributed by atoms with Gasteiger partial charge in [0.25, 0.3) is 0 Å². The van der Waals surface area contributed by atoms with E-state index < -0.39 is 0 Å². The van der Waals surface area contributed by atoms with Crippen LogP contribution in [0.4, 0.5) is 0 Å². The van der Waals surface area contributed by atoms with Gasteiger partial charge in [0.15, 0.2) is 0 Å². The number of piperidine rings is 1. The number of rotatable bonds is 1. The molecular weight excluding hydrogens is 142 g/mol. The first-order valence-corrected chi connectivity index (χ1v) is 4.15. The number of fused-ring (bicyclic) bond motifs is 2. The van der Waals surface area contributed by atoms with Gasteiger partial charge in [-0.2, -0.15) is 0 Å². The van der Waals surface area contributed by atoms with Crippen LogP contribution in [0, 0.1) is 5.92 Å². The predicted octanol–water partition coefficient (Wildman–Crippen LogP) is 0.300. The third-order valence-corrected chi connectivity index (χ3v) is 2.81. The molecule has 0 aromatic carbocycles. The number of carbonyl (C=O) groups is 1. The van der Waals surface area contributed by atoms with E-state index in [1.807, 2.05) is 0 Å². The molecule has 1 aliphatic carbocycles. The summed E-state index contributed by atoms with van der Waals surface area (Å²) < 4.78 is 4.69. The highest BCUT2D eigenvalue weighted by atomic mass is 16.5. The molecular formula is C8H13NO2. The molecule has 1 saturated carbocycles. The van der Waals surface area contributed by atoms with Crippen molar-refractivity contribution in [1.82, 2.24) is 5.32 Å². The Morgan fingerprint density at radius 3 is 2.82 bits per heavy atom. The quantitative estimate of drug-likeness (QED) is 0.553. The molecule has 0 radical (unpaired) electrons. The molecule has 0 amide bonds. The Bertz CT molecular complexity index is 181. The molecule has 1 unspecified atom stereocenters. The summed E-state index contributed by atoms with van der Waals surface area (Å²) in [6, 6.07) is 0.586. The van der Waals surface area contributed by atoms with E-state index in [0.29, 0.717) is 12.0 Å². The van der Waals surface area contributed by atoms with E-state index in [1.54, 1.807) is 0 Å². The minimum absolute atomic E-state index is 0.00116. The van der Waals surface area contributed by atoms with Crippen molar-refractivity contribution in [2.45, 2.75) is 31.3 Å². The van der Waals surface area contributed by atoms with Crippen molar-refractivity contribution in [2.24, 2.45) is 5.92 Å². The second kappa shape index (κ2) is 2.48. The fraction of sp³-hybridized carbons (Fsp3) is 0.875. The average molecular weight is 155 g/mol. The molecule has 1 aliphatic heterocycles. The molecule has 1 N–H and O–H groups in total. The molecule has 1 saturated heterocycles. The molecule has 3 nitrogen and oxygen atoms in total. The average Bonchev–Trinajstić information content (AvgIpc) is 2.62. The number of ether oxygens (including phenoxy) is 1. The lowest BCUT2D eigenvalue weighted by Gasteiger charge is -2.20. The van der Waals surface area contributed by atoms with E-state index >= 15 is 0 Å². The molecule has 2 fully saturated rings. The zero-order chi connectivity index (χ0) is 7.84.